The Labute approximate surface area is 468 Å². The number of hydrogen-bond donors (Lipinski definition) is 7. The van der Waals surface area contributed by atoms with Crippen molar-refractivity contribution in [3.8, 4) is 12.3 Å². The van der Waals surface area contributed by atoms with Gasteiger partial charge in [-0.3, -0.25) is 52.2 Å². The van der Waals surface area contributed by atoms with Crippen LogP contribution in [0.4, 0.5) is 0 Å². The smallest absolute Gasteiger partial charge is 0.307 e. The number of ether oxygens (including phenoxy) is 2. The number of nitrogens with two attached hydrogens (primary N) is 1. The van der Waals surface area contributed by atoms with Crippen molar-refractivity contribution in [1.82, 2.24) is 36.8 Å². The average molecular weight is 1130 g/mol. The molecule has 22 nitrogen and oxygen atoms in total. The standard InChI is InChI=1S/C57H76N8O14S/c1-7-27-59-53(71)42-19-14-20-43(34-42)80(75,76)78-37-57(6,79-51(69)26-25-49(67)60-35-48(58)66)52(70)44(23-21-38(2)3)62-56(74)47(33-41-17-12-9-13-18-41)64-55(73)46(32-39(4)5)63-54(72)45(24-22-40-15-10-8-11-16-40)61-50(68)36-65-28-30-77-31-29-65/h1,8-20,34,38-39,44-47H,21-33,35-37H2,2-6H3,(H2,58,66)(H,59,71)(H,60,67)(H,61,68)(H,62,74)(H,63,72)(H,64,73)/t44-,45-,46?,47-,57?/m0/s1. The first-order chi connectivity index (χ1) is 38.0. The Morgan fingerprint density at radius 1 is 0.713 bits per heavy atom. The van der Waals surface area contributed by atoms with Crippen LogP contribution in [-0.4, -0.2) is 149 Å². The Balaban J connectivity index is 1.67. The zero-order valence-corrected chi connectivity index (χ0v) is 46.9. The van der Waals surface area contributed by atoms with Crippen LogP contribution in [-0.2, 0) is 75.0 Å². The number of Topliss-reactive ketones (excluding diaryl/α,β-unsaturated/α-hetero) is 1. The Morgan fingerprint density at radius 3 is 1.95 bits per heavy atom. The first-order valence-corrected chi connectivity index (χ1v) is 28.0. The first-order valence-electron chi connectivity index (χ1n) is 26.6. The number of carbonyl (C=O) groups is 9. The van der Waals surface area contributed by atoms with Gasteiger partial charge in [-0.2, -0.15) is 8.42 Å². The number of aryl methyl sites for hydroxylation is 1. The van der Waals surface area contributed by atoms with Gasteiger partial charge in [-0.25, -0.2) is 0 Å². The number of morpholine rings is 1. The molecule has 0 bridgehead atoms. The van der Waals surface area contributed by atoms with Crippen LogP contribution in [0.25, 0.3) is 0 Å². The SMILES string of the molecule is C#CCNC(=O)c1cccc(S(=O)(=O)OCC(C)(OC(=O)CCC(=O)NCC(N)=O)C(=O)[C@H](CCC(C)C)NC(=O)[C@H](Cc2ccccc2)NC(=O)C(CC(C)C)NC(=O)[C@H](CCc2ccccc2)NC(=O)CN2CCOCC2)c1. The number of esters is 1. The lowest BCUT2D eigenvalue weighted by Gasteiger charge is -2.33. The summed E-state index contributed by atoms with van der Waals surface area (Å²) in [7, 11) is -4.84. The highest BCUT2D eigenvalue weighted by molar-refractivity contribution is 7.86. The molecule has 1 saturated heterocycles. The van der Waals surface area contributed by atoms with E-state index in [0.717, 1.165) is 24.6 Å². The fourth-order valence-corrected chi connectivity index (χ4v) is 9.40. The lowest BCUT2D eigenvalue weighted by molar-refractivity contribution is -0.170. The van der Waals surface area contributed by atoms with Gasteiger partial charge >= 0.3 is 5.97 Å². The van der Waals surface area contributed by atoms with E-state index in [9.17, 15) is 46.8 Å². The predicted molar refractivity (Wildman–Crippen MR) is 295 cm³/mol. The van der Waals surface area contributed by atoms with Gasteiger partial charge in [0.2, 0.25) is 41.2 Å². The van der Waals surface area contributed by atoms with Gasteiger partial charge in [0.05, 0.1) is 50.2 Å². The number of primary amides is 1. The fraction of sp³-hybridized carbons (Fsp3) is 0.491. The molecule has 1 aliphatic heterocycles. The topological polar surface area (TPSA) is 317 Å². The zero-order chi connectivity index (χ0) is 58.8. The lowest BCUT2D eigenvalue weighted by atomic mass is 9.90. The maximum atomic E-state index is 15.1. The van der Waals surface area contributed by atoms with Gasteiger partial charge in [-0.15, -0.1) is 6.42 Å². The van der Waals surface area contributed by atoms with E-state index in [2.05, 4.69) is 37.8 Å². The maximum Gasteiger partial charge on any atom is 0.307 e. The summed E-state index contributed by atoms with van der Waals surface area (Å²) in [5, 5.41) is 15.9. The van der Waals surface area contributed by atoms with Crippen molar-refractivity contribution in [3.63, 3.8) is 0 Å². The quantitative estimate of drug-likeness (QED) is 0.0259. The van der Waals surface area contributed by atoms with Crippen LogP contribution < -0.4 is 37.6 Å². The summed E-state index contributed by atoms with van der Waals surface area (Å²) in [5.41, 5.74) is 4.04. The summed E-state index contributed by atoms with van der Waals surface area (Å²) >= 11 is 0. The van der Waals surface area contributed by atoms with Crippen LogP contribution in [0.2, 0.25) is 0 Å². The van der Waals surface area contributed by atoms with Gasteiger partial charge in [0.15, 0.2) is 5.60 Å². The van der Waals surface area contributed by atoms with Gasteiger partial charge < -0.3 is 47.1 Å². The molecule has 7 amide bonds. The Hall–Kier alpha value is -7.52. The maximum absolute atomic E-state index is 15.1. The third kappa shape index (κ3) is 22.7. The molecular formula is C57H76N8O14S. The highest BCUT2D eigenvalue weighted by atomic mass is 32.2. The normalized spacial score (nSPS) is 14.9. The van der Waals surface area contributed by atoms with Crippen molar-refractivity contribution < 1.29 is 65.2 Å². The highest BCUT2D eigenvalue weighted by Crippen LogP contribution is 2.24. The lowest BCUT2D eigenvalue weighted by Crippen LogP contribution is -2.60. The molecule has 80 heavy (non-hydrogen) atoms. The van der Waals surface area contributed by atoms with Crippen molar-refractivity contribution >= 4 is 63.2 Å². The molecule has 1 fully saturated rings. The van der Waals surface area contributed by atoms with E-state index in [4.69, 9.17) is 25.8 Å². The number of ketones is 1. The number of nitrogens with one attached hydrogen (secondary N) is 6. The third-order valence-corrected chi connectivity index (χ3v) is 14.0. The predicted octanol–water partition coefficient (Wildman–Crippen LogP) is 1.64. The molecule has 0 spiro atoms. The molecule has 3 aromatic rings. The molecule has 0 saturated carbocycles. The van der Waals surface area contributed by atoms with Crippen LogP contribution in [0.15, 0.2) is 89.8 Å². The van der Waals surface area contributed by atoms with E-state index in [1.165, 1.54) is 12.1 Å². The fourth-order valence-electron chi connectivity index (χ4n) is 8.37. The van der Waals surface area contributed by atoms with Gasteiger partial charge in [-0.1, -0.05) is 100 Å². The minimum atomic E-state index is -4.84. The number of carbonyl (C=O) groups excluding carboxylic acids is 9. The Bertz CT molecular complexity index is 2750. The van der Waals surface area contributed by atoms with E-state index < -0.39 is 118 Å². The van der Waals surface area contributed by atoms with Crippen LogP contribution in [0, 0.1) is 24.2 Å². The van der Waals surface area contributed by atoms with E-state index in [0.29, 0.717) is 44.7 Å². The summed E-state index contributed by atoms with van der Waals surface area (Å²) in [6.45, 7) is 8.68. The number of rotatable bonds is 33. The van der Waals surface area contributed by atoms with E-state index in [1.54, 1.807) is 30.3 Å². The summed E-state index contributed by atoms with van der Waals surface area (Å²) in [5.74, 6) is -5.12. The van der Waals surface area contributed by atoms with Crippen molar-refractivity contribution in [2.45, 2.75) is 121 Å². The van der Waals surface area contributed by atoms with Gasteiger partial charge in [0.1, 0.15) is 24.7 Å². The summed E-state index contributed by atoms with van der Waals surface area (Å²) in [4.78, 5) is 124. The summed E-state index contributed by atoms with van der Waals surface area (Å²) < 4.78 is 44.1. The summed E-state index contributed by atoms with van der Waals surface area (Å²) in [6.07, 6.45) is 4.88. The molecule has 434 valence electrons. The van der Waals surface area contributed by atoms with Crippen LogP contribution >= 0.6 is 0 Å². The number of nitrogens with zero attached hydrogens (tertiary/aromatic N) is 1. The second-order valence-corrected chi connectivity index (χ2v) is 22.1. The highest BCUT2D eigenvalue weighted by Gasteiger charge is 2.45. The Morgan fingerprint density at radius 2 is 1.32 bits per heavy atom. The van der Waals surface area contributed by atoms with Gasteiger partial charge in [0, 0.05) is 31.5 Å². The molecule has 23 heteroatoms. The van der Waals surface area contributed by atoms with Crippen molar-refractivity contribution in [2.75, 3.05) is 52.5 Å². The molecule has 5 atom stereocenters. The van der Waals surface area contributed by atoms with E-state index in [1.807, 2.05) is 62.9 Å². The Kier molecular flexibility index (Phi) is 26.4. The van der Waals surface area contributed by atoms with Crippen molar-refractivity contribution in [2.24, 2.45) is 17.6 Å². The second-order valence-electron chi connectivity index (χ2n) is 20.5. The van der Waals surface area contributed by atoms with Gasteiger partial charge in [0.25, 0.3) is 16.0 Å². The molecule has 0 aliphatic carbocycles. The monoisotopic (exact) mass is 1130 g/mol. The van der Waals surface area contributed by atoms with Crippen molar-refractivity contribution in [3.05, 3.63) is 102 Å². The average Bonchev–Trinajstić information content (AvgIpc) is 3.51. The van der Waals surface area contributed by atoms with Crippen LogP contribution in [0.5, 0.6) is 0 Å². The third-order valence-electron chi connectivity index (χ3n) is 12.7. The molecule has 2 unspecified atom stereocenters. The van der Waals surface area contributed by atoms with Crippen LogP contribution in [0.3, 0.4) is 0 Å². The molecule has 1 aliphatic rings. The number of hydrogen-bond acceptors (Lipinski definition) is 15. The largest absolute Gasteiger partial charge is 0.449 e. The number of terminal acetylenes is 1. The van der Waals surface area contributed by atoms with E-state index >= 15 is 4.79 Å². The van der Waals surface area contributed by atoms with Crippen LogP contribution in [0.1, 0.15) is 94.6 Å². The molecule has 4 rings (SSSR count). The molecule has 1 heterocycles. The first kappa shape index (κ1) is 65.0. The minimum Gasteiger partial charge on any atom is -0.449 e. The molecular weight excluding hydrogens is 1050 g/mol. The summed E-state index contributed by atoms with van der Waals surface area (Å²) in [6, 6.07) is 17.6. The molecule has 8 N–H and O–H groups in total. The van der Waals surface area contributed by atoms with Gasteiger partial charge in [-0.05, 0) is 80.2 Å². The minimum absolute atomic E-state index is 0.0296. The van der Waals surface area contributed by atoms with Crippen molar-refractivity contribution in [1.29, 1.82) is 0 Å². The molecule has 0 radical (unpaired) electrons. The van der Waals surface area contributed by atoms with E-state index in [-0.39, 0.29) is 62.1 Å². The zero-order valence-electron chi connectivity index (χ0n) is 46.1. The number of benzene rings is 3. The molecule has 3 aromatic carbocycles. The molecule has 0 aromatic heterocycles. The number of amides is 7. The second kappa shape index (κ2) is 32.5.